The molecular formula is C13H16N2O2S. The Bertz CT molecular complexity index is 488. The van der Waals surface area contributed by atoms with Crippen molar-refractivity contribution in [3.05, 3.63) is 23.8 Å². The van der Waals surface area contributed by atoms with Crippen molar-refractivity contribution < 1.29 is 9.59 Å². The predicted octanol–water partition coefficient (Wildman–Crippen LogP) is 2.26. The lowest BCUT2D eigenvalue weighted by Crippen LogP contribution is -2.32. The van der Waals surface area contributed by atoms with E-state index in [-0.39, 0.29) is 17.9 Å². The SMILES string of the molecule is CC[C@@H](C)NC(=O)c1ccc2c(c1)NC(=O)CS2. The number of nitrogens with one attached hydrogen (secondary N) is 2. The third-order valence-corrected chi connectivity index (χ3v) is 3.94. The quantitative estimate of drug-likeness (QED) is 0.880. The van der Waals surface area contributed by atoms with Crippen molar-refractivity contribution in [2.75, 3.05) is 11.1 Å². The number of fused-ring (bicyclic) bond motifs is 1. The van der Waals surface area contributed by atoms with Crippen molar-refractivity contribution in [1.82, 2.24) is 5.32 Å². The van der Waals surface area contributed by atoms with E-state index in [2.05, 4.69) is 10.6 Å². The van der Waals surface area contributed by atoms with Crippen molar-refractivity contribution in [1.29, 1.82) is 0 Å². The fourth-order valence-electron chi connectivity index (χ4n) is 1.63. The lowest BCUT2D eigenvalue weighted by molar-refractivity contribution is -0.113. The standard InChI is InChI=1S/C13H16N2O2S/c1-3-8(2)14-13(17)9-4-5-11-10(6-9)15-12(16)7-18-11/h4-6,8H,3,7H2,1-2H3,(H,14,17)(H,15,16)/t8-/m1/s1. The molecule has 5 heteroatoms. The van der Waals surface area contributed by atoms with E-state index in [9.17, 15) is 9.59 Å². The Morgan fingerprint density at radius 2 is 2.33 bits per heavy atom. The van der Waals surface area contributed by atoms with Gasteiger partial charge < -0.3 is 10.6 Å². The summed E-state index contributed by atoms with van der Waals surface area (Å²) in [6, 6.07) is 5.56. The van der Waals surface area contributed by atoms with Crippen LogP contribution >= 0.6 is 11.8 Å². The summed E-state index contributed by atoms with van der Waals surface area (Å²) >= 11 is 1.49. The molecule has 0 unspecified atom stereocenters. The van der Waals surface area contributed by atoms with Crippen LogP contribution in [0.25, 0.3) is 0 Å². The molecule has 0 spiro atoms. The van der Waals surface area contributed by atoms with E-state index in [4.69, 9.17) is 0 Å². The van der Waals surface area contributed by atoms with Crippen molar-refractivity contribution in [3.8, 4) is 0 Å². The van der Waals surface area contributed by atoms with Crippen LogP contribution in [-0.4, -0.2) is 23.6 Å². The number of carbonyl (C=O) groups is 2. The van der Waals surface area contributed by atoms with Crippen molar-refractivity contribution in [2.45, 2.75) is 31.2 Å². The first-order valence-corrected chi connectivity index (χ1v) is 6.96. The number of anilines is 1. The minimum atomic E-state index is -0.100. The average molecular weight is 264 g/mol. The Kier molecular flexibility index (Phi) is 3.91. The number of thioether (sulfide) groups is 1. The van der Waals surface area contributed by atoms with Crippen molar-refractivity contribution in [2.24, 2.45) is 0 Å². The second-order valence-electron chi connectivity index (χ2n) is 4.33. The lowest BCUT2D eigenvalue weighted by Gasteiger charge is -2.17. The van der Waals surface area contributed by atoms with Gasteiger partial charge in [0.15, 0.2) is 0 Å². The lowest BCUT2D eigenvalue weighted by atomic mass is 10.1. The van der Waals surface area contributed by atoms with Gasteiger partial charge in [-0.05, 0) is 31.5 Å². The number of amides is 2. The van der Waals surface area contributed by atoms with E-state index in [1.54, 1.807) is 12.1 Å². The molecule has 1 heterocycles. The summed E-state index contributed by atoms with van der Waals surface area (Å²) in [7, 11) is 0. The van der Waals surface area contributed by atoms with Crippen LogP contribution < -0.4 is 10.6 Å². The smallest absolute Gasteiger partial charge is 0.251 e. The monoisotopic (exact) mass is 264 g/mol. The number of carbonyl (C=O) groups excluding carboxylic acids is 2. The van der Waals surface area contributed by atoms with E-state index >= 15 is 0 Å². The minimum Gasteiger partial charge on any atom is -0.350 e. The zero-order valence-corrected chi connectivity index (χ0v) is 11.3. The van der Waals surface area contributed by atoms with Crippen LogP contribution in [0.4, 0.5) is 5.69 Å². The molecule has 0 saturated heterocycles. The maximum atomic E-state index is 12.0. The largest absolute Gasteiger partial charge is 0.350 e. The first-order valence-electron chi connectivity index (χ1n) is 5.97. The maximum absolute atomic E-state index is 12.0. The van der Waals surface area contributed by atoms with E-state index in [1.807, 2.05) is 19.9 Å². The normalized spacial score (nSPS) is 15.6. The van der Waals surface area contributed by atoms with Crippen molar-refractivity contribution in [3.63, 3.8) is 0 Å². The van der Waals surface area contributed by atoms with Gasteiger partial charge in [-0.2, -0.15) is 0 Å². The first kappa shape index (κ1) is 13.0. The van der Waals surface area contributed by atoms with E-state index in [0.29, 0.717) is 11.3 Å². The highest BCUT2D eigenvalue weighted by Gasteiger charge is 2.17. The Morgan fingerprint density at radius 1 is 1.56 bits per heavy atom. The van der Waals surface area contributed by atoms with Crippen LogP contribution in [0.5, 0.6) is 0 Å². The highest BCUT2D eigenvalue weighted by atomic mass is 32.2. The molecule has 0 aromatic heterocycles. The Morgan fingerprint density at radius 3 is 3.06 bits per heavy atom. The number of hydrogen-bond acceptors (Lipinski definition) is 3. The summed E-state index contributed by atoms with van der Waals surface area (Å²) < 4.78 is 0. The fourth-order valence-corrected chi connectivity index (χ4v) is 2.42. The Hall–Kier alpha value is -1.49. The zero-order chi connectivity index (χ0) is 13.1. The second-order valence-corrected chi connectivity index (χ2v) is 5.35. The third-order valence-electron chi connectivity index (χ3n) is 2.86. The summed E-state index contributed by atoms with van der Waals surface area (Å²) in [5, 5.41) is 5.69. The van der Waals surface area contributed by atoms with Gasteiger partial charge in [0, 0.05) is 16.5 Å². The summed E-state index contributed by atoms with van der Waals surface area (Å²) in [6.07, 6.45) is 0.892. The summed E-state index contributed by atoms with van der Waals surface area (Å²) in [6.45, 7) is 3.99. The number of benzene rings is 1. The van der Waals surface area contributed by atoms with Crippen LogP contribution in [0.15, 0.2) is 23.1 Å². The van der Waals surface area contributed by atoms with Crippen molar-refractivity contribution >= 4 is 29.3 Å². The molecule has 1 aliphatic rings. The molecular weight excluding hydrogens is 248 g/mol. The van der Waals surface area contributed by atoms with Crippen LogP contribution in [0.1, 0.15) is 30.6 Å². The molecule has 1 aromatic carbocycles. The molecule has 2 N–H and O–H groups in total. The zero-order valence-electron chi connectivity index (χ0n) is 10.4. The summed E-state index contributed by atoms with van der Waals surface area (Å²) in [5.74, 6) is 0.315. The second kappa shape index (κ2) is 5.44. The minimum absolute atomic E-state index is 0.0213. The molecule has 0 aliphatic carbocycles. The highest BCUT2D eigenvalue weighted by molar-refractivity contribution is 8.00. The van der Waals surface area contributed by atoms with Gasteiger partial charge in [0.2, 0.25) is 5.91 Å². The van der Waals surface area contributed by atoms with Crippen LogP contribution in [-0.2, 0) is 4.79 Å². The number of rotatable bonds is 3. The molecule has 1 atom stereocenters. The topological polar surface area (TPSA) is 58.2 Å². The molecule has 0 saturated carbocycles. The molecule has 0 radical (unpaired) electrons. The van der Waals surface area contributed by atoms with Gasteiger partial charge in [0.1, 0.15) is 0 Å². The first-order chi connectivity index (χ1) is 8.60. The van der Waals surface area contributed by atoms with Gasteiger partial charge in [-0.25, -0.2) is 0 Å². The summed E-state index contributed by atoms with van der Waals surface area (Å²) in [5.41, 5.74) is 1.31. The molecule has 1 aromatic rings. The molecule has 1 aliphatic heterocycles. The molecule has 2 amide bonds. The highest BCUT2D eigenvalue weighted by Crippen LogP contribution is 2.31. The van der Waals surface area contributed by atoms with E-state index in [0.717, 1.165) is 17.0 Å². The van der Waals surface area contributed by atoms with Crippen LogP contribution in [0.2, 0.25) is 0 Å². The Labute approximate surface area is 111 Å². The van der Waals surface area contributed by atoms with Gasteiger partial charge in [0.25, 0.3) is 5.91 Å². The van der Waals surface area contributed by atoms with Gasteiger partial charge >= 0.3 is 0 Å². The van der Waals surface area contributed by atoms with E-state index in [1.165, 1.54) is 11.8 Å². The molecule has 96 valence electrons. The number of hydrogen-bond donors (Lipinski definition) is 2. The fraction of sp³-hybridized carbons (Fsp3) is 0.385. The van der Waals surface area contributed by atoms with Gasteiger partial charge in [-0.3, -0.25) is 9.59 Å². The molecule has 4 nitrogen and oxygen atoms in total. The molecule has 0 fully saturated rings. The van der Waals surface area contributed by atoms with Gasteiger partial charge in [-0.1, -0.05) is 6.92 Å². The predicted molar refractivity (Wildman–Crippen MR) is 73.0 cm³/mol. The average Bonchev–Trinajstić information content (AvgIpc) is 2.37. The Balaban J connectivity index is 2.17. The van der Waals surface area contributed by atoms with E-state index < -0.39 is 0 Å². The third kappa shape index (κ3) is 2.85. The summed E-state index contributed by atoms with van der Waals surface area (Å²) in [4.78, 5) is 24.3. The van der Waals surface area contributed by atoms with Gasteiger partial charge in [-0.15, -0.1) is 11.8 Å². The molecule has 18 heavy (non-hydrogen) atoms. The van der Waals surface area contributed by atoms with Gasteiger partial charge in [0.05, 0.1) is 11.4 Å². The maximum Gasteiger partial charge on any atom is 0.251 e. The molecule has 2 rings (SSSR count). The molecule has 0 bridgehead atoms. The van der Waals surface area contributed by atoms with Crippen LogP contribution in [0.3, 0.4) is 0 Å². The van der Waals surface area contributed by atoms with Crippen LogP contribution in [0, 0.1) is 0 Å².